The van der Waals surface area contributed by atoms with E-state index in [0.29, 0.717) is 13.2 Å². The number of H-pyrrole nitrogens is 1. The van der Waals surface area contributed by atoms with Crippen molar-refractivity contribution in [1.29, 1.82) is 0 Å². The third-order valence-corrected chi connectivity index (χ3v) is 2.88. The number of fused-ring (bicyclic) bond motifs is 3. The summed E-state index contributed by atoms with van der Waals surface area (Å²) in [5, 5.41) is 2.41. The van der Waals surface area contributed by atoms with Crippen LogP contribution in [0.3, 0.4) is 0 Å². The molecule has 0 unspecified atom stereocenters. The molecule has 86 valence electrons. The lowest BCUT2D eigenvalue weighted by Gasteiger charge is -2.05. The summed E-state index contributed by atoms with van der Waals surface area (Å²) in [7, 11) is 0. The van der Waals surface area contributed by atoms with E-state index in [0.717, 1.165) is 16.8 Å². The zero-order valence-corrected chi connectivity index (χ0v) is 9.44. The van der Waals surface area contributed by atoms with Crippen molar-refractivity contribution in [1.82, 2.24) is 4.98 Å². The van der Waals surface area contributed by atoms with Crippen LogP contribution in [0.4, 0.5) is 0 Å². The van der Waals surface area contributed by atoms with E-state index >= 15 is 0 Å². The van der Waals surface area contributed by atoms with Crippen LogP contribution in [0.2, 0.25) is 0 Å². The number of nitrogens with one attached hydrogen (secondary N) is 1. The summed E-state index contributed by atoms with van der Waals surface area (Å²) in [4.78, 5) is 3.39. The van der Waals surface area contributed by atoms with E-state index in [1.807, 2.05) is 24.3 Å². The van der Waals surface area contributed by atoms with Crippen molar-refractivity contribution in [2.45, 2.75) is 0 Å². The Bertz CT molecular complexity index is 657. The lowest BCUT2D eigenvalue weighted by molar-refractivity contribution is 0.331. The van der Waals surface area contributed by atoms with E-state index in [1.54, 1.807) is 0 Å². The normalized spacial score (nSPS) is 11.1. The Morgan fingerprint density at radius 2 is 1.82 bits per heavy atom. The molecule has 0 saturated carbocycles. The molecule has 0 bridgehead atoms. The SMILES string of the molecule is NCCOc1cccc2c1[nH]c1ccccc12. The molecule has 0 aliphatic heterocycles. The Morgan fingerprint density at radius 1 is 1.00 bits per heavy atom. The summed E-state index contributed by atoms with van der Waals surface area (Å²) in [5.41, 5.74) is 7.63. The monoisotopic (exact) mass is 226 g/mol. The molecule has 0 spiro atoms. The number of benzene rings is 2. The van der Waals surface area contributed by atoms with Gasteiger partial charge in [-0.15, -0.1) is 0 Å². The molecule has 3 heteroatoms. The Balaban J connectivity index is 2.24. The number of aromatic nitrogens is 1. The molecular weight excluding hydrogens is 212 g/mol. The van der Waals surface area contributed by atoms with Crippen LogP contribution in [0.15, 0.2) is 42.5 Å². The second kappa shape index (κ2) is 4.11. The molecule has 17 heavy (non-hydrogen) atoms. The van der Waals surface area contributed by atoms with E-state index in [-0.39, 0.29) is 0 Å². The Kier molecular flexibility index (Phi) is 2.46. The van der Waals surface area contributed by atoms with Gasteiger partial charge in [0.05, 0.1) is 5.52 Å². The van der Waals surface area contributed by atoms with Gasteiger partial charge in [0.15, 0.2) is 0 Å². The molecule has 0 radical (unpaired) electrons. The third-order valence-electron chi connectivity index (χ3n) is 2.88. The highest BCUT2D eigenvalue weighted by atomic mass is 16.5. The van der Waals surface area contributed by atoms with Crippen LogP contribution in [0, 0.1) is 0 Å². The Morgan fingerprint density at radius 3 is 2.71 bits per heavy atom. The fourth-order valence-electron chi connectivity index (χ4n) is 2.14. The molecule has 0 aliphatic rings. The van der Waals surface area contributed by atoms with Gasteiger partial charge in [0.2, 0.25) is 0 Å². The molecule has 0 fully saturated rings. The van der Waals surface area contributed by atoms with Crippen LogP contribution >= 0.6 is 0 Å². The number of aromatic amines is 1. The molecule has 3 nitrogen and oxygen atoms in total. The molecule has 0 saturated heterocycles. The molecule has 0 aliphatic carbocycles. The zero-order valence-electron chi connectivity index (χ0n) is 9.44. The summed E-state index contributed by atoms with van der Waals surface area (Å²) in [6.45, 7) is 1.06. The number of hydrogen-bond acceptors (Lipinski definition) is 2. The number of nitrogens with two attached hydrogens (primary N) is 1. The van der Waals surface area contributed by atoms with Crippen molar-refractivity contribution >= 4 is 21.8 Å². The minimum Gasteiger partial charge on any atom is -0.490 e. The van der Waals surface area contributed by atoms with Crippen molar-refractivity contribution in [2.75, 3.05) is 13.2 Å². The number of rotatable bonds is 3. The van der Waals surface area contributed by atoms with Crippen molar-refractivity contribution in [3.8, 4) is 5.75 Å². The van der Waals surface area contributed by atoms with Gasteiger partial charge in [-0.25, -0.2) is 0 Å². The predicted molar refractivity (Wildman–Crippen MR) is 70.4 cm³/mol. The summed E-state index contributed by atoms with van der Waals surface area (Å²) >= 11 is 0. The molecule has 3 rings (SSSR count). The fourth-order valence-corrected chi connectivity index (χ4v) is 2.14. The van der Waals surface area contributed by atoms with Gasteiger partial charge in [-0.1, -0.05) is 30.3 Å². The van der Waals surface area contributed by atoms with E-state index < -0.39 is 0 Å². The Hall–Kier alpha value is -2.00. The van der Waals surface area contributed by atoms with Crippen LogP contribution in [-0.4, -0.2) is 18.1 Å². The lowest BCUT2D eigenvalue weighted by Crippen LogP contribution is -2.10. The average molecular weight is 226 g/mol. The highest BCUT2D eigenvalue weighted by Gasteiger charge is 2.07. The first-order valence-corrected chi connectivity index (χ1v) is 5.72. The number of hydrogen-bond donors (Lipinski definition) is 2. The summed E-state index contributed by atoms with van der Waals surface area (Å²) in [6, 6.07) is 14.3. The van der Waals surface area contributed by atoms with Gasteiger partial charge < -0.3 is 15.5 Å². The first-order chi connectivity index (χ1) is 8.40. The highest BCUT2D eigenvalue weighted by molar-refractivity contribution is 6.09. The molecule has 3 aromatic rings. The van der Waals surface area contributed by atoms with E-state index in [1.165, 1.54) is 10.8 Å². The van der Waals surface area contributed by atoms with Gasteiger partial charge in [0, 0.05) is 22.8 Å². The second-order valence-corrected chi connectivity index (χ2v) is 3.99. The number of ether oxygens (including phenoxy) is 1. The smallest absolute Gasteiger partial charge is 0.143 e. The maximum absolute atomic E-state index is 5.64. The van der Waals surface area contributed by atoms with Gasteiger partial charge in [-0.3, -0.25) is 0 Å². The van der Waals surface area contributed by atoms with Crippen LogP contribution in [0.25, 0.3) is 21.8 Å². The second-order valence-electron chi connectivity index (χ2n) is 3.99. The maximum atomic E-state index is 5.64. The molecule has 3 N–H and O–H groups in total. The summed E-state index contributed by atoms with van der Waals surface area (Å²) in [6.07, 6.45) is 0. The van der Waals surface area contributed by atoms with Crippen molar-refractivity contribution in [2.24, 2.45) is 5.73 Å². The molecule has 0 atom stereocenters. The van der Waals surface area contributed by atoms with Crippen molar-refractivity contribution in [3.63, 3.8) is 0 Å². The topological polar surface area (TPSA) is 51.0 Å². The zero-order chi connectivity index (χ0) is 11.7. The fraction of sp³-hybridized carbons (Fsp3) is 0.143. The summed E-state index contributed by atoms with van der Waals surface area (Å²) < 4.78 is 5.64. The lowest BCUT2D eigenvalue weighted by atomic mass is 10.1. The van der Waals surface area contributed by atoms with E-state index in [2.05, 4.69) is 23.2 Å². The third kappa shape index (κ3) is 1.65. The van der Waals surface area contributed by atoms with Crippen LogP contribution < -0.4 is 10.5 Å². The standard InChI is InChI=1S/C14H14N2O/c15-8-9-17-13-7-3-5-11-10-4-1-2-6-12(10)16-14(11)13/h1-7,16H,8-9,15H2. The van der Waals surface area contributed by atoms with Crippen molar-refractivity contribution < 1.29 is 4.74 Å². The molecule has 2 aromatic carbocycles. The first kappa shape index (κ1) is 10.2. The highest BCUT2D eigenvalue weighted by Crippen LogP contribution is 2.31. The van der Waals surface area contributed by atoms with E-state index in [9.17, 15) is 0 Å². The van der Waals surface area contributed by atoms with Crippen LogP contribution in [-0.2, 0) is 0 Å². The van der Waals surface area contributed by atoms with Crippen LogP contribution in [0.1, 0.15) is 0 Å². The minimum atomic E-state index is 0.524. The average Bonchev–Trinajstić information content (AvgIpc) is 2.75. The largest absolute Gasteiger partial charge is 0.490 e. The quantitative estimate of drug-likeness (QED) is 0.721. The minimum absolute atomic E-state index is 0.524. The van der Waals surface area contributed by atoms with Crippen LogP contribution in [0.5, 0.6) is 5.75 Å². The van der Waals surface area contributed by atoms with Gasteiger partial charge in [0.1, 0.15) is 12.4 Å². The summed E-state index contributed by atoms with van der Waals surface area (Å²) in [5.74, 6) is 0.865. The number of para-hydroxylation sites is 2. The molecule has 0 amide bonds. The molecular formula is C14H14N2O. The molecule has 1 heterocycles. The Labute approximate surface area is 99.2 Å². The van der Waals surface area contributed by atoms with Gasteiger partial charge in [-0.05, 0) is 12.1 Å². The van der Waals surface area contributed by atoms with Gasteiger partial charge in [0.25, 0.3) is 0 Å². The van der Waals surface area contributed by atoms with Crippen molar-refractivity contribution in [3.05, 3.63) is 42.5 Å². The van der Waals surface area contributed by atoms with Gasteiger partial charge >= 0.3 is 0 Å². The first-order valence-electron chi connectivity index (χ1n) is 5.72. The van der Waals surface area contributed by atoms with Gasteiger partial charge in [-0.2, -0.15) is 0 Å². The maximum Gasteiger partial charge on any atom is 0.143 e. The van der Waals surface area contributed by atoms with E-state index in [4.69, 9.17) is 10.5 Å². The molecule has 1 aromatic heterocycles. The predicted octanol–water partition coefficient (Wildman–Crippen LogP) is 2.66.